The second kappa shape index (κ2) is 3.35. The van der Waals surface area contributed by atoms with Gasteiger partial charge < -0.3 is 4.90 Å². The summed E-state index contributed by atoms with van der Waals surface area (Å²) in [5.41, 5.74) is 0. The molecule has 0 spiro atoms. The molecule has 0 aromatic heterocycles. The highest BCUT2D eigenvalue weighted by molar-refractivity contribution is 5.76. The third-order valence-electron chi connectivity index (χ3n) is 2.40. The molecule has 0 radical (unpaired) electrons. The molecule has 0 heterocycles. The van der Waals surface area contributed by atoms with Gasteiger partial charge in [-0.15, -0.1) is 0 Å². The quantitative estimate of drug-likeness (QED) is 0.612. The fraction of sp³-hybridized carbons (Fsp3) is 0.889. The second-order valence-corrected chi connectivity index (χ2v) is 3.65. The van der Waals surface area contributed by atoms with Gasteiger partial charge in [0.2, 0.25) is 0 Å². The molecule has 11 heavy (non-hydrogen) atoms. The predicted molar refractivity (Wildman–Crippen MR) is 45.5 cm³/mol. The molecule has 0 aromatic rings. The number of ketones is 1. The van der Waals surface area contributed by atoms with Crippen LogP contribution < -0.4 is 0 Å². The lowest BCUT2D eigenvalue weighted by atomic mass is 10.1. The SMILES string of the molecule is CC(=O)CC(C)N(C)C1CC1. The number of hydrogen-bond donors (Lipinski definition) is 0. The lowest BCUT2D eigenvalue weighted by Gasteiger charge is -2.23. The van der Waals surface area contributed by atoms with Gasteiger partial charge in [0.25, 0.3) is 0 Å². The number of Topliss-reactive ketones (excluding diaryl/α,β-unsaturated/α-hetero) is 1. The zero-order valence-corrected chi connectivity index (χ0v) is 7.63. The van der Waals surface area contributed by atoms with Crippen LogP contribution in [0.25, 0.3) is 0 Å². The van der Waals surface area contributed by atoms with Crippen molar-refractivity contribution in [2.24, 2.45) is 0 Å². The van der Waals surface area contributed by atoms with Crippen molar-refractivity contribution in [2.75, 3.05) is 7.05 Å². The van der Waals surface area contributed by atoms with Crippen LogP contribution in [0.15, 0.2) is 0 Å². The molecule has 1 fully saturated rings. The summed E-state index contributed by atoms with van der Waals surface area (Å²) in [6.07, 6.45) is 3.34. The minimum Gasteiger partial charge on any atom is -0.300 e. The molecule has 0 bridgehead atoms. The smallest absolute Gasteiger partial charge is 0.131 e. The molecule has 1 saturated carbocycles. The lowest BCUT2D eigenvalue weighted by Crippen LogP contribution is -2.32. The zero-order valence-electron chi connectivity index (χ0n) is 7.63. The summed E-state index contributed by atoms with van der Waals surface area (Å²) in [6, 6.07) is 1.20. The standard InChI is InChI=1S/C9H17NO/c1-7(6-8(2)11)10(3)9-4-5-9/h7,9H,4-6H2,1-3H3. The monoisotopic (exact) mass is 155 g/mol. The molecular weight excluding hydrogens is 138 g/mol. The van der Waals surface area contributed by atoms with Gasteiger partial charge in [0, 0.05) is 18.5 Å². The number of nitrogens with zero attached hydrogens (tertiary/aromatic N) is 1. The topological polar surface area (TPSA) is 20.3 Å². The molecule has 1 aliphatic carbocycles. The first-order chi connectivity index (χ1) is 5.11. The molecular formula is C9H17NO. The largest absolute Gasteiger partial charge is 0.300 e. The number of hydrogen-bond acceptors (Lipinski definition) is 2. The summed E-state index contributed by atoms with van der Waals surface area (Å²) in [6.45, 7) is 3.79. The van der Waals surface area contributed by atoms with Crippen LogP contribution in [-0.2, 0) is 4.79 Å². The van der Waals surface area contributed by atoms with Gasteiger partial charge in [-0.25, -0.2) is 0 Å². The summed E-state index contributed by atoms with van der Waals surface area (Å²) in [4.78, 5) is 13.1. The van der Waals surface area contributed by atoms with Gasteiger partial charge in [-0.05, 0) is 33.7 Å². The van der Waals surface area contributed by atoms with Gasteiger partial charge in [0.1, 0.15) is 5.78 Å². The Hall–Kier alpha value is -0.370. The molecule has 0 aromatic carbocycles. The summed E-state index contributed by atoms with van der Waals surface area (Å²) >= 11 is 0. The van der Waals surface area contributed by atoms with E-state index in [1.54, 1.807) is 6.92 Å². The Morgan fingerprint density at radius 3 is 2.55 bits per heavy atom. The normalized spacial score (nSPS) is 20.4. The maximum atomic E-state index is 10.8. The molecule has 1 rings (SSSR count). The van der Waals surface area contributed by atoms with Crippen LogP contribution in [0.1, 0.15) is 33.1 Å². The van der Waals surface area contributed by atoms with Crippen LogP contribution in [0.2, 0.25) is 0 Å². The van der Waals surface area contributed by atoms with Crippen LogP contribution in [0.4, 0.5) is 0 Å². The average molecular weight is 155 g/mol. The molecule has 1 unspecified atom stereocenters. The van der Waals surface area contributed by atoms with E-state index in [0.717, 1.165) is 6.04 Å². The van der Waals surface area contributed by atoms with Crippen LogP contribution in [0.3, 0.4) is 0 Å². The van der Waals surface area contributed by atoms with Gasteiger partial charge in [0.15, 0.2) is 0 Å². The van der Waals surface area contributed by atoms with Crippen molar-refractivity contribution < 1.29 is 4.79 Å². The average Bonchev–Trinajstić information content (AvgIpc) is 2.65. The Labute approximate surface area is 68.6 Å². The molecule has 0 aliphatic heterocycles. The van der Waals surface area contributed by atoms with E-state index in [1.165, 1.54) is 12.8 Å². The highest BCUT2D eigenvalue weighted by atomic mass is 16.1. The van der Waals surface area contributed by atoms with Crippen molar-refractivity contribution in [1.29, 1.82) is 0 Å². The second-order valence-electron chi connectivity index (χ2n) is 3.65. The summed E-state index contributed by atoms with van der Waals surface area (Å²) in [7, 11) is 2.12. The molecule has 0 saturated heterocycles. The van der Waals surface area contributed by atoms with Crippen molar-refractivity contribution >= 4 is 5.78 Å². The van der Waals surface area contributed by atoms with Crippen molar-refractivity contribution in [3.8, 4) is 0 Å². The van der Waals surface area contributed by atoms with E-state index in [0.29, 0.717) is 18.2 Å². The first-order valence-electron chi connectivity index (χ1n) is 4.32. The van der Waals surface area contributed by atoms with Crippen molar-refractivity contribution in [3.63, 3.8) is 0 Å². The van der Waals surface area contributed by atoms with Crippen LogP contribution in [0.5, 0.6) is 0 Å². The van der Waals surface area contributed by atoms with Crippen molar-refractivity contribution in [3.05, 3.63) is 0 Å². The molecule has 1 aliphatic rings. The van der Waals surface area contributed by atoms with E-state index >= 15 is 0 Å². The summed E-state index contributed by atoms with van der Waals surface area (Å²) in [5, 5.41) is 0. The Balaban J connectivity index is 2.26. The Bertz CT molecular complexity index is 152. The number of carbonyl (C=O) groups is 1. The zero-order chi connectivity index (χ0) is 8.43. The third kappa shape index (κ3) is 2.62. The van der Waals surface area contributed by atoms with Gasteiger partial charge in [-0.3, -0.25) is 4.79 Å². The molecule has 2 heteroatoms. The van der Waals surface area contributed by atoms with E-state index in [4.69, 9.17) is 0 Å². The molecule has 1 atom stereocenters. The Kier molecular flexibility index (Phi) is 2.66. The maximum absolute atomic E-state index is 10.8. The van der Waals surface area contributed by atoms with Gasteiger partial charge in [0.05, 0.1) is 0 Å². The van der Waals surface area contributed by atoms with E-state index in [-0.39, 0.29) is 0 Å². The van der Waals surface area contributed by atoms with Crippen LogP contribution in [-0.4, -0.2) is 29.8 Å². The van der Waals surface area contributed by atoms with Crippen LogP contribution >= 0.6 is 0 Å². The predicted octanol–water partition coefficient (Wildman–Crippen LogP) is 1.45. The van der Waals surface area contributed by atoms with Crippen molar-refractivity contribution in [1.82, 2.24) is 4.90 Å². The number of rotatable bonds is 4. The summed E-state index contributed by atoms with van der Waals surface area (Å²) in [5.74, 6) is 0.296. The van der Waals surface area contributed by atoms with Gasteiger partial charge in [-0.1, -0.05) is 0 Å². The Morgan fingerprint density at radius 1 is 1.64 bits per heavy atom. The fourth-order valence-corrected chi connectivity index (χ4v) is 1.40. The lowest BCUT2D eigenvalue weighted by molar-refractivity contribution is -0.118. The van der Waals surface area contributed by atoms with E-state index < -0.39 is 0 Å². The highest BCUT2D eigenvalue weighted by Crippen LogP contribution is 2.27. The molecule has 0 amide bonds. The van der Waals surface area contributed by atoms with E-state index in [1.807, 2.05) is 0 Å². The first-order valence-corrected chi connectivity index (χ1v) is 4.32. The first kappa shape index (κ1) is 8.72. The summed E-state index contributed by atoms with van der Waals surface area (Å²) < 4.78 is 0. The maximum Gasteiger partial charge on any atom is 0.131 e. The molecule has 2 nitrogen and oxygen atoms in total. The highest BCUT2D eigenvalue weighted by Gasteiger charge is 2.29. The Morgan fingerprint density at radius 2 is 2.18 bits per heavy atom. The van der Waals surface area contributed by atoms with E-state index in [2.05, 4.69) is 18.9 Å². The minimum absolute atomic E-state index is 0.296. The van der Waals surface area contributed by atoms with Gasteiger partial charge in [-0.2, -0.15) is 0 Å². The fourth-order valence-electron chi connectivity index (χ4n) is 1.40. The van der Waals surface area contributed by atoms with Crippen molar-refractivity contribution in [2.45, 2.75) is 45.2 Å². The third-order valence-corrected chi connectivity index (χ3v) is 2.40. The number of carbonyl (C=O) groups excluding carboxylic acids is 1. The minimum atomic E-state index is 0.296. The van der Waals surface area contributed by atoms with Gasteiger partial charge >= 0.3 is 0 Å². The van der Waals surface area contributed by atoms with E-state index in [9.17, 15) is 4.79 Å². The molecule has 0 N–H and O–H groups in total. The molecule has 64 valence electrons. The van der Waals surface area contributed by atoms with Crippen LogP contribution in [0, 0.1) is 0 Å².